The lowest BCUT2D eigenvalue weighted by molar-refractivity contribution is 0.670. The van der Waals surface area contributed by atoms with Gasteiger partial charge in [-0.15, -0.1) is 0 Å². The van der Waals surface area contributed by atoms with E-state index in [1.54, 1.807) is 0 Å². The highest BCUT2D eigenvalue weighted by molar-refractivity contribution is 6.32. The highest BCUT2D eigenvalue weighted by atomic mass is 16.3. The van der Waals surface area contributed by atoms with Crippen LogP contribution >= 0.6 is 0 Å². The van der Waals surface area contributed by atoms with E-state index in [2.05, 4.69) is 85.0 Å². The molecule has 0 unspecified atom stereocenters. The van der Waals surface area contributed by atoms with Crippen molar-refractivity contribution in [2.75, 3.05) is 0 Å². The molecule has 200 valence electrons. The van der Waals surface area contributed by atoms with E-state index < -0.39 is 0 Å². The maximum Gasteiger partial charge on any atom is 0.160 e. The van der Waals surface area contributed by atoms with Gasteiger partial charge in [-0.2, -0.15) is 5.26 Å². The van der Waals surface area contributed by atoms with Crippen LogP contribution in [0.1, 0.15) is 16.7 Å². The molecule has 0 spiro atoms. The number of furan rings is 2. The smallest absolute Gasteiger partial charge is 0.160 e. The Balaban J connectivity index is 1.48. The number of hydrogen-bond acceptors (Lipinski definition) is 3. The molecule has 0 radical (unpaired) electrons. The summed E-state index contributed by atoms with van der Waals surface area (Å²) in [5.41, 5.74) is 12.0. The predicted octanol–water partition coefficient (Wildman–Crippen LogP) is 10.8. The van der Waals surface area contributed by atoms with Crippen LogP contribution in [0.3, 0.4) is 0 Å². The molecule has 0 aliphatic rings. The van der Waals surface area contributed by atoms with Gasteiger partial charge in [0.2, 0.25) is 0 Å². The van der Waals surface area contributed by atoms with Crippen LogP contribution in [0.4, 0.5) is 0 Å². The Kier molecular flexibility index (Phi) is 4.11. The largest absolute Gasteiger partial charge is 0.454 e. The van der Waals surface area contributed by atoms with Crippen molar-refractivity contribution in [1.29, 1.82) is 5.26 Å². The number of benzene rings is 6. The molecule has 4 nitrogen and oxygen atoms in total. The molecule has 0 aliphatic heterocycles. The second-order valence-electron chi connectivity index (χ2n) is 11.7. The van der Waals surface area contributed by atoms with E-state index in [1.165, 1.54) is 21.9 Å². The van der Waals surface area contributed by atoms with E-state index in [0.717, 1.165) is 82.4 Å². The topological polar surface area (TPSA) is 54.5 Å². The van der Waals surface area contributed by atoms with Gasteiger partial charge in [-0.25, -0.2) is 0 Å². The third-order valence-corrected chi connectivity index (χ3v) is 9.35. The summed E-state index contributed by atoms with van der Waals surface area (Å²) < 4.78 is 15.7. The average Bonchev–Trinajstić information content (AvgIpc) is 3.76. The fraction of sp³-hybridized carbons (Fsp3) is 0.0513. The lowest BCUT2D eigenvalue weighted by Crippen LogP contribution is -1.91. The van der Waals surface area contributed by atoms with Crippen molar-refractivity contribution < 1.29 is 8.83 Å². The van der Waals surface area contributed by atoms with Crippen LogP contribution in [-0.4, -0.2) is 4.40 Å². The lowest BCUT2D eigenvalue weighted by Gasteiger charge is -2.12. The van der Waals surface area contributed by atoms with Crippen LogP contribution in [0.2, 0.25) is 0 Å². The number of fused-ring (bicyclic) bond motifs is 14. The van der Waals surface area contributed by atoms with Crippen LogP contribution < -0.4 is 0 Å². The van der Waals surface area contributed by atoms with Gasteiger partial charge in [0.1, 0.15) is 11.2 Å². The lowest BCUT2D eigenvalue weighted by atomic mass is 9.91. The molecule has 10 rings (SSSR count). The third kappa shape index (κ3) is 2.75. The summed E-state index contributed by atoms with van der Waals surface area (Å²) >= 11 is 0. The quantitative estimate of drug-likeness (QED) is 0.204. The summed E-state index contributed by atoms with van der Waals surface area (Å²) in [6.45, 7) is 4.19. The molecule has 4 heteroatoms. The minimum Gasteiger partial charge on any atom is -0.454 e. The van der Waals surface area contributed by atoms with Gasteiger partial charge in [0.05, 0.1) is 28.2 Å². The fourth-order valence-electron chi connectivity index (χ4n) is 7.68. The number of hydrogen-bond donors (Lipinski definition) is 0. The first-order valence-corrected chi connectivity index (χ1v) is 14.5. The number of rotatable bonds is 1. The first-order valence-electron chi connectivity index (χ1n) is 14.5. The summed E-state index contributed by atoms with van der Waals surface area (Å²) in [4.78, 5) is 0. The number of nitriles is 1. The molecular weight excluding hydrogens is 528 g/mol. The molecule has 4 heterocycles. The highest BCUT2D eigenvalue weighted by Gasteiger charge is 2.25. The van der Waals surface area contributed by atoms with Gasteiger partial charge in [-0.1, -0.05) is 48.5 Å². The van der Waals surface area contributed by atoms with Gasteiger partial charge in [0, 0.05) is 43.1 Å². The maximum atomic E-state index is 9.59. The fourth-order valence-corrected chi connectivity index (χ4v) is 7.68. The summed E-state index contributed by atoms with van der Waals surface area (Å²) in [5, 5.41) is 18.7. The molecule has 0 bridgehead atoms. The van der Waals surface area contributed by atoms with Gasteiger partial charge in [-0.05, 0) is 84.6 Å². The number of aromatic nitrogens is 1. The van der Waals surface area contributed by atoms with Crippen molar-refractivity contribution in [1.82, 2.24) is 4.40 Å². The van der Waals surface area contributed by atoms with Crippen molar-refractivity contribution in [3.63, 3.8) is 0 Å². The van der Waals surface area contributed by atoms with Crippen LogP contribution in [0.5, 0.6) is 0 Å². The van der Waals surface area contributed by atoms with Crippen molar-refractivity contribution in [2.24, 2.45) is 0 Å². The Hall–Kier alpha value is -5.79. The molecular formula is C39H22N2O2. The van der Waals surface area contributed by atoms with Crippen LogP contribution in [0, 0.1) is 25.2 Å². The van der Waals surface area contributed by atoms with E-state index in [1.807, 2.05) is 36.4 Å². The van der Waals surface area contributed by atoms with Gasteiger partial charge in [0.25, 0.3) is 0 Å². The Morgan fingerprint density at radius 3 is 1.53 bits per heavy atom. The minimum absolute atomic E-state index is 0.686. The maximum absolute atomic E-state index is 9.59. The van der Waals surface area contributed by atoms with Crippen LogP contribution in [0.15, 0.2) is 106 Å². The normalized spacial score (nSPS) is 12.4. The Morgan fingerprint density at radius 2 is 1.02 bits per heavy atom. The molecule has 0 N–H and O–H groups in total. The Bertz CT molecular complexity index is 2690. The zero-order valence-electron chi connectivity index (χ0n) is 23.4. The average molecular weight is 551 g/mol. The summed E-state index contributed by atoms with van der Waals surface area (Å²) in [7, 11) is 0. The molecule has 0 atom stereocenters. The van der Waals surface area contributed by atoms with Crippen LogP contribution in [-0.2, 0) is 0 Å². The Labute approximate surface area is 244 Å². The Morgan fingerprint density at radius 1 is 0.535 bits per heavy atom. The number of aryl methyl sites for hydroxylation is 2. The zero-order chi connectivity index (χ0) is 28.6. The zero-order valence-corrected chi connectivity index (χ0v) is 23.4. The van der Waals surface area contributed by atoms with E-state index in [0.29, 0.717) is 5.56 Å². The molecule has 0 fully saturated rings. The van der Waals surface area contributed by atoms with E-state index in [4.69, 9.17) is 8.83 Å². The minimum atomic E-state index is 0.686. The molecule has 4 aromatic heterocycles. The van der Waals surface area contributed by atoms with Gasteiger partial charge >= 0.3 is 0 Å². The number of para-hydroxylation sites is 2. The summed E-state index contributed by atoms with van der Waals surface area (Å²) in [5.74, 6) is 0. The van der Waals surface area contributed by atoms with E-state index >= 15 is 0 Å². The molecule has 0 saturated carbocycles. The van der Waals surface area contributed by atoms with Gasteiger partial charge < -0.3 is 13.2 Å². The van der Waals surface area contributed by atoms with E-state index in [9.17, 15) is 5.26 Å². The predicted molar refractivity (Wildman–Crippen MR) is 175 cm³/mol. The second-order valence-corrected chi connectivity index (χ2v) is 11.7. The van der Waals surface area contributed by atoms with Gasteiger partial charge in [0.15, 0.2) is 11.2 Å². The van der Waals surface area contributed by atoms with Gasteiger partial charge in [-0.3, -0.25) is 0 Å². The van der Waals surface area contributed by atoms with E-state index in [-0.39, 0.29) is 0 Å². The van der Waals surface area contributed by atoms with Crippen molar-refractivity contribution in [3.8, 4) is 17.2 Å². The van der Waals surface area contributed by atoms with Crippen molar-refractivity contribution >= 4 is 82.0 Å². The third-order valence-electron chi connectivity index (χ3n) is 9.35. The molecule has 0 amide bonds. The van der Waals surface area contributed by atoms with Crippen LogP contribution in [0.25, 0.3) is 93.1 Å². The SMILES string of the molecule is Cc1cc(C#N)cc(C)c1-c1cc2c3ccc4c5ccccc5oc4c3n3c2c(c1)c1ccc2c4ccccc4oc2c13. The molecule has 0 saturated heterocycles. The summed E-state index contributed by atoms with van der Waals surface area (Å²) in [6, 6.07) is 36.3. The molecule has 10 aromatic rings. The van der Waals surface area contributed by atoms with Crippen molar-refractivity contribution in [3.05, 3.63) is 114 Å². The monoisotopic (exact) mass is 550 g/mol. The second kappa shape index (κ2) is 7.73. The molecule has 6 aromatic carbocycles. The first-order chi connectivity index (χ1) is 21.1. The standard InChI is InChI=1S/C39H22N2O2/c1-20-15-22(19-40)16-21(2)34(20)23-17-30-26-11-13-28-24-7-3-5-9-32(24)42-38(28)36(26)41-35(30)31(18-23)27-12-14-29-25-8-4-6-10-33(25)43-39(29)37(27)41/h3-18H,1-2H3. The van der Waals surface area contributed by atoms with Crippen molar-refractivity contribution in [2.45, 2.75) is 13.8 Å². The highest BCUT2D eigenvalue weighted by Crippen LogP contribution is 2.48. The molecule has 0 aliphatic carbocycles. The molecule has 43 heavy (non-hydrogen) atoms. The number of nitrogens with zero attached hydrogens (tertiary/aromatic N) is 2. The first kappa shape index (κ1) is 22.8. The summed E-state index contributed by atoms with van der Waals surface area (Å²) in [6.07, 6.45) is 0.